The van der Waals surface area contributed by atoms with E-state index in [2.05, 4.69) is 4.74 Å². The van der Waals surface area contributed by atoms with Crippen molar-refractivity contribution >= 4 is 33.6 Å². The Hall–Kier alpha value is -3.47. The van der Waals surface area contributed by atoms with Crippen LogP contribution in [0.5, 0.6) is 0 Å². The first kappa shape index (κ1) is 19.8. The van der Waals surface area contributed by atoms with Gasteiger partial charge in [-0.25, -0.2) is 27.2 Å². The van der Waals surface area contributed by atoms with Gasteiger partial charge in [0.15, 0.2) is 0 Å². The number of ether oxygens (including phenoxy) is 1. The maximum Gasteiger partial charge on any atom is 0.340 e. The molecule has 0 saturated carbocycles. The molecule has 0 heterocycles. The number of benzene rings is 2. The number of carboxylic acid groups (broad SMARTS) is 2. The minimum Gasteiger partial charge on any atom is -0.478 e. The fourth-order valence-electron chi connectivity index (χ4n) is 2.07. The Morgan fingerprint density at radius 2 is 1.56 bits per heavy atom. The number of rotatable bonds is 6. The van der Waals surface area contributed by atoms with Gasteiger partial charge in [-0.3, -0.25) is 4.72 Å². The summed E-state index contributed by atoms with van der Waals surface area (Å²) in [6.07, 6.45) is 0. The van der Waals surface area contributed by atoms with Crippen LogP contribution in [-0.4, -0.2) is 43.6 Å². The first-order chi connectivity index (χ1) is 12.5. The maximum atomic E-state index is 13.6. The largest absolute Gasteiger partial charge is 0.478 e. The van der Waals surface area contributed by atoms with Gasteiger partial charge in [-0.05, 0) is 36.4 Å². The van der Waals surface area contributed by atoms with Gasteiger partial charge >= 0.3 is 17.9 Å². The molecule has 3 N–H and O–H groups in total. The van der Waals surface area contributed by atoms with Gasteiger partial charge in [0.25, 0.3) is 10.0 Å². The van der Waals surface area contributed by atoms with Gasteiger partial charge in [-0.1, -0.05) is 0 Å². The van der Waals surface area contributed by atoms with E-state index in [4.69, 9.17) is 10.2 Å². The molecule has 0 aliphatic rings. The second kappa shape index (κ2) is 7.41. The van der Waals surface area contributed by atoms with E-state index in [9.17, 15) is 27.2 Å². The molecule has 2 aromatic carbocycles. The number of sulfonamides is 1. The van der Waals surface area contributed by atoms with Gasteiger partial charge in [0.05, 0.1) is 28.7 Å². The van der Waals surface area contributed by atoms with Gasteiger partial charge < -0.3 is 14.9 Å². The lowest BCUT2D eigenvalue weighted by Gasteiger charge is -2.11. The average Bonchev–Trinajstić information content (AvgIpc) is 2.61. The molecule has 2 aromatic rings. The van der Waals surface area contributed by atoms with Crippen molar-refractivity contribution in [2.75, 3.05) is 11.8 Å². The van der Waals surface area contributed by atoms with E-state index < -0.39 is 55.3 Å². The molecule has 9 nitrogen and oxygen atoms in total. The molecule has 0 amide bonds. The summed E-state index contributed by atoms with van der Waals surface area (Å²) in [6.45, 7) is 0. The highest BCUT2D eigenvalue weighted by molar-refractivity contribution is 7.92. The minimum atomic E-state index is -4.44. The van der Waals surface area contributed by atoms with Crippen LogP contribution in [0.2, 0.25) is 0 Å². The normalized spacial score (nSPS) is 10.9. The summed E-state index contributed by atoms with van der Waals surface area (Å²) < 4.78 is 45.0. The standard InChI is InChI=1S/C16H12FNO8S/c1-26-16(23)12-7-10(2-3-13(12)17)18-27(24,25)11-5-8(14(19)20)4-9(6-11)15(21)22/h2-7,18H,1H3,(H,19,20)(H,21,22). The fourth-order valence-corrected chi connectivity index (χ4v) is 3.19. The van der Waals surface area contributed by atoms with Crippen LogP contribution in [0.3, 0.4) is 0 Å². The van der Waals surface area contributed by atoms with Crippen molar-refractivity contribution in [1.82, 2.24) is 0 Å². The zero-order valence-electron chi connectivity index (χ0n) is 13.6. The number of methoxy groups -OCH3 is 1. The molecule has 0 spiro atoms. The average molecular weight is 397 g/mol. The van der Waals surface area contributed by atoms with Crippen LogP contribution in [0.15, 0.2) is 41.3 Å². The van der Waals surface area contributed by atoms with Crippen molar-refractivity contribution < 1.29 is 42.1 Å². The van der Waals surface area contributed by atoms with E-state index in [0.717, 1.165) is 43.5 Å². The molecular formula is C16H12FNO8S. The molecule has 0 saturated heterocycles. The number of anilines is 1. The lowest BCUT2D eigenvalue weighted by molar-refractivity contribution is 0.0593. The number of hydrogen-bond acceptors (Lipinski definition) is 6. The number of nitrogens with one attached hydrogen (secondary N) is 1. The van der Waals surface area contributed by atoms with Crippen LogP contribution in [-0.2, 0) is 14.8 Å². The Morgan fingerprint density at radius 3 is 2.04 bits per heavy atom. The quantitative estimate of drug-likeness (QED) is 0.625. The van der Waals surface area contributed by atoms with Gasteiger partial charge in [-0.2, -0.15) is 0 Å². The summed E-state index contributed by atoms with van der Waals surface area (Å²) in [5.41, 5.74) is -1.84. The van der Waals surface area contributed by atoms with Gasteiger partial charge in [0.2, 0.25) is 0 Å². The Kier molecular flexibility index (Phi) is 5.45. The highest BCUT2D eigenvalue weighted by atomic mass is 32.2. The van der Waals surface area contributed by atoms with Gasteiger partial charge in [0.1, 0.15) is 5.82 Å². The first-order valence-corrected chi connectivity index (χ1v) is 8.56. The highest BCUT2D eigenvalue weighted by Crippen LogP contribution is 2.22. The first-order valence-electron chi connectivity index (χ1n) is 7.07. The van der Waals surface area contributed by atoms with Crippen LogP contribution >= 0.6 is 0 Å². The van der Waals surface area contributed by atoms with Crippen molar-refractivity contribution in [3.05, 3.63) is 58.9 Å². The predicted molar refractivity (Wildman–Crippen MR) is 88.9 cm³/mol. The van der Waals surface area contributed by atoms with E-state index in [1.807, 2.05) is 4.72 Å². The molecule has 0 aromatic heterocycles. The van der Waals surface area contributed by atoms with E-state index in [-0.39, 0.29) is 5.69 Å². The molecule has 2 rings (SSSR count). The molecular weight excluding hydrogens is 385 g/mol. The third-order valence-corrected chi connectivity index (χ3v) is 4.70. The van der Waals surface area contributed by atoms with E-state index in [1.54, 1.807) is 0 Å². The highest BCUT2D eigenvalue weighted by Gasteiger charge is 2.21. The van der Waals surface area contributed by atoms with Gasteiger partial charge in [0, 0.05) is 5.69 Å². The molecule has 0 aliphatic heterocycles. The SMILES string of the molecule is COC(=O)c1cc(NS(=O)(=O)c2cc(C(=O)O)cc(C(=O)O)c2)ccc1F. The summed E-state index contributed by atoms with van der Waals surface area (Å²) in [6, 6.07) is 5.08. The number of carbonyl (C=O) groups is 3. The lowest BCUT2D eigenvalue weighted by Crippen LogP contribution is -2.16. The zero-order valence-corrected chi connectivity index (χ0v) is 14.4. The number of esters is 1. The summed E-state index contributed by atoms with van der Waals surface area (Å²) in [4.78, 5) is 33.1. The molecule has 0 radical (unpaired) electrons. The minimum absolute atomic E-state index is 0.214. The van der Waals surface area contributed by atoms with Gasteiger partial charge in [-0.15, -0.1) is 0 Å². The second-order valence-corrected chi connectivity index (χ2v) is 6.83. The number of halogens is 1. The van der Waals surface area contributed by atoms with Crippen LogP contribution in [0, 0.1) is 5.82 Å². The Morgan fingerprint density at radius 1 is 1.00 bits per heavy atom. The molecule has 11 heteroatoms. The van der Waals surface area contributed by atoms with E-state index in [0.29, 0.717) is 0 Å². The summed E-state index contributed by atoms with van der Waals surface area (Å²) in [5.74, 6) is -5.02. The summed E-state index contributed by atoms with van der Waals surface area (Å²) in [7, 11) is -3.42. The summed E-state index contributed by atoms with van der Waals surface area (Å²) >= 11 is 0. The Balaban J connectivity index is 2.50. The third kappa shape index (κ3) is 4.39. The third-order valence-electron chi connectivity index (χ3n) is 3.33. The summed E-state index contributed by atoms with van der Waals surface area (Å²) in [5, 5.41) is 18.0. The number of aromatic carboxylic acids is 2. The second-order valence-electron chi connectivity index (χ2n) is 5.15. The zero-order chi connectivity index (χ0) is 20.4. The Labute approximate surface area is 152 Å². The van der Waals surface area contributed by atoms with Crippen LogP contribution in [0.25, 0.3) is 0 Å². The number of carbonyl (C=O) groups excluding carboxylic acids is 1. The Bertz CT molecular complexity index is 1020. The molecule has 0 fully saturated rings. The van der Waals surface area contributed by atoms with Crippen molar-refractivity contribution in [2.45, 2.75) is 4.90 Å². The molecule has 0 atom stereocenters. The molecule has 0 aliphatic carbocycles. The topological polar surface area (TPSA) is 147 Å². The maximum absolute atomic E-state index is 13.6. The fraction of sp³-hybridized carbons (Fsp3) is 0.0625. The van der Waals surface area contributed by atoms with Crippen molar-refractivity contribution in [1.29, 1.82) is 0 Å². The van der Waals surface area contributed by atoms with E-state index in [1.165, 1.54) is 0 Å². The molecule has 27 heavy (non-hydrogen) atoms. The molecule has 0 unspecified atom stereocenters. The smallest absolute Gasteiger partial charge is 0.340 e. The van der Waals surface area contributed by atoms with Crippen LogP contribution in [0.1, 0.15) is 31.1 Å². The van der Waals surface area contributed by atoms with Crippen LogP contribution in [0.4, 0.5) is 10.1 Å². The van der Waals surface area contributed by atoms with E-state index >= 15 is 0 Å². The van der Waals surface area contributed by atoms with Crippen molar-refractivity contribution in [3.63, 3.8) is 0 Å². The predicted octanol–water partition coefficient (Wildman–Crippen LogP) is 1.81. The van der Waals surface area contributed by atoms with Crippen molar-refractivity contribution in [2.24, 2.45) is 0 Å². The molecule has 142 valence electrons. The monoisotopic (exact) mass is 397 g/mol. The molecule has 0 bridgehead atoms. The number of carboxylic acids is 2. The lowest BCUT2D eigenvalue weighted by atomic mass is 10.1. The van der Waals surface area contributed by atoms with Crippen LogP contribution < -0.4 is 4.72 Å². The number of hydrogen-bond donors (Lipinski definition) is 3. The van der Waals surface area contributed by atoms with Crippen molar-refractivity contribution in [3.8, 4) is 0 Å².